The molecule has 2 aromatic rings. The highest BCUT2D eigenvalue weighted by Crippen LogP contribution is 2.45. The lowest BCUT2D eigenvalue weighted by molar-refractivity contribution is -0.129. The number of ketones is 1. The van der Waals surface area contributed by atoms with Crippen LogP contribution in [0, 0.1) is 5.41 Å². The van der Waals surface area contributed by atoms with Crippen molar-refractivity contribution >= 4 is 15.6 Å². The quantitative estimate of drug-likeness (QED) is 0.762. The molecule has 0 amide bonds. The lowest BCUT2D eigenvalue weighted by Crippen LogP contribution is -2.38. The number of carbonyl (C=O) groups is 1. The number of carbonyl (C=O) groups excluding carboxylic acids is 1. The third-order valence-electron chi connectivity index (χ3n) is 5.63. The molecule has 0 saturated heterocycles. The zero-order valence-electron chi connectivity index (χ0n) is 15.4. The van der Waals surface area contributed by atoms with Crippen molar-refractivity contribution in [3.05, 3.63) is 65.7 Å². The predicted molar refractivity (Wildman–Crippen MR) is 104 cm³/mol. The molecule has 0 saturated carbocycles. The highest BCUT2D eigenvalue weighted by molar-refractivity contribution is 7.91. The van der Waals surface area contributed by atoms with E-state index in [-0.39, 0.29) is 11.5 Å². The third-order valence-corrected chi connectivity index (χ3v) is 7.61. The molecule has 26 heavy (non-hydrogen) atoms. The second-order valence-corrected chi connectivity index (χ2v) is 9.20. The maximum atomic E-state index is 13.8. The second kappa shape index (κ2) is 7.36. The molecule has 0 unspecified atom stereocenters. The van der Waals surface area contributed by atoms with Crippen LogP contribution in [-0.4, -0.2) is 20.0 Å². The maximum Gasteiger partial charge on any atom is 0.179 e. The van der Waals surface area contributed by atoms with E-state index in [1.165, 1.54) is 0 Å². The minimum atomic E-state index is -3.52. The molecule has 3 rings (SSSR count). The van der Waals surface area contributed by atoms with E-state index in [2.05, 4.69) is 6.92 Å². The molecule has 1 heterocycles. The smallest absolute Gasteiger partial charge is 0.179 e. The molecule has 138 valence electrons. The summed E-state index contributed by atoms with van der Waals surface area (Å²) >= 11 is 0. The summed E-state index contributed by atoms with van der Waals surface area (Å²) in [6.45, 7) is 4.02. The van der Waals surface area contributed by atoms with Crippen molar-refractivity contribution in [1.82, 2.24) is 0 Å². The van der Waals surface area contributed by atoms with Gasteiger partial charge >= 0.3 is 0 Å². The fraction of sp³-hybridized carbons (Fsp3) is 0.409. The third kappa shape index (κ3) is 3.23. The van der Waals surface area contributed by atoms with Gasteiger partial charge in [0, 0.05) is 5.41 Å². The van der Waals surface area contributed by atoms with E-state index in [0.717, 1.165) is 18.4 Å². The zero-order chi connectivity index (χ0) is 18.8. The summed E-state index contributed by atoms with van der Waals surface area (Å²) < 4.78 is 26.4. The first-order chi connectivity index (χ1) is 12.4. The van der Waals surface area contributed by atoms with E-state index < -0.39 is 21.2 Å². The van der Waals surface area contributed by atoms with Gasteiger partial charge in [0.25, 0.3) is 0 Å². The van der Waals surface area contributed by atoms with Crippen LogP contribution in [0.5, 0.6) is 0 Å². The Morgan fingerprint density at radius 3 is 2.31 bits per heavy atom. The van der Waals surface area contributed by atoms with Crippen molar-refractivity contribution in [2.75, 3.05) is 5.75 Å². The summed E-state index contributed by atoms with van der Waals surface area (Å²) in [5.41, 5.74) is 0.667. The molecule has 0 radical (unpaired) electrons. The SMILES string of the molecule is CCCC[C@]1(CC)CS(=O)(=O)c2ccccc2[C@@H](c2ccccc2)C1=O. The average molecular weight is 371 g/mol. The Kier molecular flexibility index (Phi) is 5.33. The van der Waals surface area contributed by atoms with Crippen LogP contribution < -0.4 is 0 Å². The molecule has 1 aliphatic rings. The highest BCUT2D eigenvalue weighted by atomic mass is 32.2. The monoisotopic (exact) mass is 370 g/mol. The van der Waals surface area contributed by atoms with Gasteiger partial charge in [-0.2, -0.15) is 0 Å². The standard InChI is InChI=1S/C22H26O3S/c1-3-5-15-22(4-2)16-26(24,25)19-14-10-9-13-18(19)20(21(22)23)17-11-7-6-8-12-17/h6-14,20H,3-5,15-16H2,1-2H3/t20-,22-/m1/s1. The molecule has 0 aromatic heterocycles. The van der Waals surface area contributed by atoms with Crippen LogP contribution in [0.25, 0.3) is 0 Å². The fourth-order valence-electron chi connectivity index (χ4n) is 4.10. The van der Waals surface area contributed by atoms with Gasteiger partial charge < -0.3 is 0 Å². The Balaban J connectivity index is 2.27. The predicted octanol–water partition coefficient (Wildman–Crippen LogP) is 4.76. The minimum Gasteiger partial charge on any atom is -0.298 e. The molecule has 2 atom stereocenters. The van der Waals surface area contributed by atoms with Crippen LogP contribution in [0.2, 0.25) is 0 Å². The first-order valence-electron chi connectivity index (χ1n) is 9.36. The molecular formula is C22H26O3S. The number of benzene rings is 2. The van der Waals surface area contributed by atoms with Crippen LogP contribution >= 0.6 is 0 Å². The van der Waals surface area contributed by atoms with Gasteiger partial charge in [-0.1, -0.05) is 75.2 Å². The molecule has 0 spiro atoms. The zero-order valence-corrected chi connectivity index (χ0v) is 16.3. The number of sulfone groups is 1. The van der Waals surface area contributed by atoms with E-state index in [0.29, 0.717) is 23.3 Å². The summed E-state index contributed by atoms with van der Waals surface area (Å²) in [5, 5.41) is 0. The lowest BCUT2D eigenvalue weighted by Gasteiger charge is -2.32. The van der Waals surface area contributed by atoms with Crippen molar-refractivity contribution in [3.8, 4) is 0 Å². The van der Waals surface area contributed by atoms with Crippen LogP contribution in [0.4, 0.5) is 0 Å². The van der Waals surface area contributed by atoms with Crippen molar-refractivity contribution in [3.63, 3.8) is 0 Å². The van der Waals surface area contributed by atoms with Gasteiger partial charge in [0.05, 0.1) is 16.6 Å². The van der Waals surface area contributed by atoms with Gasteiger partial charge in [-0.25, -0.2) is 8.42 Å². The van der Waals surface area contributed by atoms with E-state index in [1.807, 2.05) is 43.3 Å². The second-order valence-electron chi connectivity index (χ2n) is 7.24. The van der Waals surface area contributed by atoms with Gasteiger partial charge in [-0.05, 0) is 30.0 Å². The Morgan fingerprint density at radius 2 is 1.65 bits per heavy atom. The van der Waals surface area contributed by atoms with Crippen LogP contribution in [0.3, 0.4) is 0 Å². The van der Waals surface area contributed by atoms with Crippen molar-refractivity contribution in [1.29, 1.82) is 0 Å². The molecule has 0 fully saturated rings. The lowest BCUT2D eigenvalue weighted by atomic mass is 9.70. The summed E-state index contributed by atoms with van der Waals surface area (Å²) in [7, 11) is -3.52. The van der Waals surface area contributed by atoms with Crippen molar-refractivity contribution in [2.24, 2.45) is 5.41 Å². The van der Waals surface area contributed by atoms with Gasteiger partial charge in [0.2, 0.25) is 0 Å². The number of unbranched alkanes of at least 4 members (excludes halogenated alkanes) is 1. The summed E-state index contributed by atoms with van der Waals surface area (Å²) in [4.78, 5) is 14.1. The van der Waals surface area contributed by atoms with Gasteiger partial charge in [-0.3, -0.25) is 4.79 Å². The number of fused-ring (bicyclic) bond motifs is 1. The molecular weight excluding hydrogens is 344 g/mol. The van der Waals surface area contributed by atoms with E-state index >= 15 is 0 Å². The topological polar surface area (TPSA) is 51.2 Å². The summed E-state index contributed by atoms with van der Waals surface area (Å²) in [6.07, 6.45) is 2.96. The van der Waals surface area contributed by atoms with Gasteiger partial charge in [-0.15, -0.1) is 0 Å². The Morgan fingerprint density at radius 1 is 1.00 bits per heavy atom. The molecule has 4 heteroatoms. The van der Waals surface area contributed by atoms with Crippen LogP contribution in [0.1, 0.15) is 56.6 Å². The van der Waals surface area contributed by atoms with E-state index in [9.17, 15) is 13.2 Å². The highest BCUT2D eigenvalue weighted by Gasteiger charge is 2.48. The molecule has 3 nitrogen and oxygen atoms in total. The number of hydrogen-bond donors (Lipinski definition) is 0. The first kappa shape index (κ1) is 18.8. The molecule has 1 aliphatic heterocycles. The summed E-state index contributed by atoms with van der Waals surface area (Å²) in [5.74, 6) is -0.565. The fourth-order valence-corrected chi connectivity index (χ4v) is 6.31. The minimum absolute atomic E-state index is 0.0492. The van der Waals surface area contributed by atoms with Crippen LogP contribution in [0.15, 0.2) is 59.5 Å². The number of rotatable bonds is 5. The molecule has 2 aromatic carbocycles. The largest absolute Gasteiger partial charge is 0.298 e. The van der Waals surface area contributed by atoms with Gasteiger partial charge in [0.1, 0.15) is 0 Å². The van der Waals surface area contributed by atoms with Crippen molar-refractivity contribution in [2.45, 2.75) is 50.3 Å². The van der Waals surface area contributed by atoms with Crippen molar-refractivity contribution < 1.29 is 13.2 Å². The Bertz CT molecular complexity index is 887. The van der Waals surface area contributed by atoms with E-state index in [1.54, 1.807) is 18.2 Å². The average Bonchev–Trinajstić information content (AvgIpc) is 2.73. The first-order valence-corrected chi connectivity index (χ1v) is 11.0. The Labute approximate surface area is 156 Å². The number of hydrogen-bond acceptors (Lipinski definition) is 3. The normalized spacial score (nSPS) is 24.7. The van der Waals surface area contributed by atoms with E-state index in [4.69, 9.17) is 0 Å². The van der Waals surface area contributed by atoms with Gasteiger partial charge in [0.15, 0.2) is 15.6 Å². The summed E-state index contributed by atoms with van der Waals surface area (Å²) in [6, 6.07) is 16.6. The maximum absolute atomic E-state index is 13.8. The molecule has 0 aliphatic carbocycles. The molecule has 0 N–H and O–H groups in total. The molecule has 0 bridgehead atoms. The van der Waals surface area contributed by atoms with Crippen LogP contribution in [-0.2, 0) is 14.6 Å². The Hall–Kier alpha value is -1.94. The number of Topliss-reactive ketones (excluding diaryl/α,β-unsaturated/α-hetero) is 1.